The highest BCUT2D eigenvalue weighted by Crippen LogP contribution is 2.20. The predicted molar refractivity (Wildman–Crippen MR) is 44.9 cm³/mol. The van der Waals surface area contributed by atoms with Gasteiger partial charge in [-0.05, 0) is 6.07 Å². The van der Waals surface area contributed by atoms with Gasteiger partial charge in [0, 0.05) is 5.39 Å². The van der Waals surface area contributed by atoms with Crippen molar-refractivity contribution in [1.29, 1.82) is 0 Å². The van der Waals surface area contributed by atoms with Crippen LogP contribution in [0.5, 0.6) is 5.75 Å². The maximum absolute atomic E-state index is 5.12. The number of hydrogen-bond acceptors (Lipinski definition) is 3. The van der Waals surface area contributed by atoms with E-state index in [1.165, 1.54) is 6.33 Å². The van der Waals surface area contributed by atoms with Gasteiger partial charge in [-0.1, -0.05) is 12.1 Å². The van der Waals surface area contributed by atoms with Crippen molar-refractivity contribution >= 4 is 10.9 Å². The van der Waals surface area contributed by atoms with Crippen LogP contribution in [-0.4, -0.2) is 17.1 Å². The van der Waals surface area contributed by atoms with Crippen LogP contribution in [0.15, 0.2) is 24.5 Å². The second kappa shape index (κ2) is 2.77. The van der Waals surface area contributed by atoms with Crippen molar-refractivity contribution in [3.63, 3.8) is 0 Å². The lowest BCUT2D eigenvalue weighted by molar-refractivity contribution is 0.419. The van der Waals surface area contributed by atoms with Crippen molar-refractivity contribution in [2.75, 3.05) is 7.11 Å². The molecule has 0 aliphatic rings. The number of ether oxygens (including phenoxy) is 1. The summed E-state index contributed by atoms with van der Waals surface area (Å²) < 4.78 is 5.12. The first kappa shape index (κ1) is 7.03. The third-order valence-corrected chi connectivity index (χ3v) is 1.65. The molecule has 0 unspecified atom stereocenters. The second-order valence-electron chi connectivity index (χ2n) is 2.34. The summed E-state index contributed by atoms with van der Waals surface area (Å²) in [5.74, 6) is 0.756. The summed E-state index contributed by atoms with van der Waals surface area (Å²) in [4.78, 5) is 7.88. The fourth-order valence-corrected chi connectivity index (χ4v) is 1.10. The van der Waals surface area contributed by atoms with Gasteiger partial charge in [-0.2, -0.15) is 0 Å². The Morgan fingerprint density at radius 3 is 3.17 bits per heavy atom. The Labute approximate surface area is 70.0 Å². The molecule has 12 heavy (non-hydrogen) atoms. The van der Waals surface area contributed by atoms with Gasteiger partial charge in [0.2, 0.25) is 0 Å². The van der Waals surface area contributed by atoms with Crippen molar-refractivity contribution in [2.45, 2.75) is 0 Å². The summed E-state index contributed by atoms with van der Waals surface area (Å²) in [6.45, 7) is 0. The van der Waals surface area contributed by atoms with E-state index in [0.29, 0.717) is 0 Å². The average molecular weight is 159 g/mol. The van der Waals surface area contributed by atoms with E-state index in [0.717, 1.165) is 16.7 Å². The molecule has 0 aliphatic carbocycles. The Bertz CT molecular complexity index is 395. The topological polar surface area (TPSA) is 35.0 Å². The first-order valence-electron chi connectivity index (χ1n) is 3.57. The summed E-state index contributed by atoms with van der Waals surface area (Å²) in [6.07, 6.45) is 4.30. The molecule has 0 saturated heterocycles. The zero-order valence-electron chi connectivity index (χ0n) is 6.61. The quantitative estimate of drug-likeness (QED) is 0.631. The maximum Gasteiger partial charge on any atom is 0.145 e. The van der Waals surface area contributed by atoms with E-state index in [1.54, 1.807) is 7.11 Å². The maximum atomic E-state index is 5.12. The van der Waals surface area contributed by atoms with Crippen LogP contribution in [0.1, 0.15) is 0 Å². The van der Waals surface area contributed by atoms with Gasteiger partial charge in [-0.3, -0.25) is 0 Å². The monoisotopic (exact) mass is 159 g/mol. The van der Waals surface area contributed by atoms with Crippen molar-refractivity contribution in [3.05, 3.63) is 30.7 Å². The van der Waals surface area contributed by atoms with Crippen LogP contribution in [0, 0.1) is 6.20 Å². The van der Waals surface area contributed by atoms with Gasteiger partial charge in [0.05, 0.1) is 7.11 Å². The average Bonchev–Trinajstić information content (AvgIpc) is 2.17. The molecule has 1 aromatic heterocycles. The molecule has 0 aliphatic heterocycles. The van der Waals surface area contributed by atoms with Crippen molar-refractivity contribution < 1.29 is 4.74 Å². The Morgan fingerprint density at radius 2 is 2.33 bits per heavy atom. The Kier molecular flexibility index (Phi) is 1.63. The summed E-state index contributed by atoms with van der Waals surface area (Å²) >= 11 is 0. The lowest BCUT2D eigenvalue weighted by Crippen LogP contribution is -1.87. The highest BCUT2D eigenvalue weighted by atomic mass is 16.5. The smallest absolute Gasteiger partial charge is 0.145 e. The van der Waals surface area contributed by atoms with Gasteiger partial charge in [-0.15, -0.1) is 0 Å². The standard InChI is InChI=1S/C9H7N2O/c1-12-8-4-2-3-7-5-10-6-11-9(7)8/h2-4,6H,1H3. The number of benzene rings is 1. The molecule has 0 N–H and O–H groups in total. The molecular weight excluding hydrogens is 152 g/mol. The number of methoxy groups -OCH3 is 1. The molecule has 2 rings (SSSR count). The lowest BCUT2D eigenvalue weighted by atomic mass is 10.2. The number of rotatable bonds is 1. The van der Waals surface area contributed by atoms with Gasteiger partial charge in [0.15, 0.2) is 0 Å². The van der Waals surface area contributed by atoms with Gasteiger partial charge in [0.1, 0.15) is 23.8 Å². The molecule has 0 saturated carbocycles. The Morgan fingerprint density at radius 1 is 1.42 bits per heavy atom. The summed E-state index contributed by atoms with van der Waals surface area (Å²) in [5.41, 5.74) is 0.801. The molecule has 3 nitrogen and oxygen atoms in total. The van der Waals surface area contributed by atoms with Crippen LogP contribution in [-0.2, 0) is 0 Å². The molecule has 0 atom stereocenters. The van der Waals surface area contributed by atoms with Gasteiger partial charge >= 0.3 is 0 Å². The van der Waals surface area contributed by atoms with Crippen LogP contribution in [0.25, 0.3) is 10.9 Å². The normalized spacial score (nSPS) is 10.1. The molecule has 59 valence electrons. The third kappa shape index (κ3) is 0.993. The molecule has 3 heteroatoms. The SMILES string of the molecule is COc1cccc2[c]ncnc12. The fraction of sp³-hybridized carbons (Fsp3) is 0.111. The van der Waals surface area contributed by atoms with Crippen LogP contribution >= 0.6 is 0 Å². The van der Waals surface area contributed by atoms with E-state index in [9.17, 15) is 0 Å². The van der Waals surface area contributed by atoms with E-state index < -0.39 is 0 Å². The van der Waals surface area contributed by atoms with E-state index in [2.05, 4.69) is 16.2 Å². The van der Waals surface area contributed by atoms with Crippen LogP contribution in [0.4, 0.5) is 0 Å². The first-order chi connectivity index (χ1) is 5.92. The lowest BCUT2D eigenvalue weighted by Gasteiger charge is -2.01. The van der Waals surface area contributed by atoms with Gasteiger partial charge < -0.3 is 4.74 Å². The van der Waals surface area contributed by atoms with E-state index in [1.807, 2.05) is 18.2 Å². The molecule has 1 aromatic carbocycles. The highest BCUT2D eigenvalue weighted by Gasteiger charge is 1.99. The Hall–Kier alpha value is -1.64. The predicted octanol–water partition coefficient (Wildman–Crippen LogP) is 1.44. The van der Waals surface area contributed by atoms with Crippen LogP contribution in [0.2, 0.25) is 0 Å². The molecule has 1 heterocycles. The number of fused-ring (bicyclic) bond motifs is 1. The zero-order valence-corrected chi connectivity index (χ0v) is 6.61. The number of para-hydroxylation sites is 1. The third-order valence-electron chi connectivity index (χ3n) is 1.65. The number of aromatic nitrogens is 2. The minimum atomic E-state index is 0.756. The summed E-state index contributed by atoms with van der Waals surface area (Å²) in [6, 6.07) is 5.65. The first-order valence-corrected chi connectivity index (χ1v) is 3.57. The summed E-state index contributed by atoms with van der Waals surface area (Å²) in [7, 11) is 1.62. The van der Waals surface area contributed by atoms with E-state index in [4.69, 9.17) is 4.74 Å². The fourth-order valence-electron chi connectivity index (χ4n) is 1.10. The highest BCUT2D eigenvalue weighted by molar-refractivity contribution is 5.82. The molecule has 0 bridgehead atoms. The number of hydrogen-bond donors (Lipinski definition) is 0. The van der Waals surface area contributed by atoms with E-state index >= 15 is 0 Å². The molecule has 1 radical (unpaired) electrons. The largest absolute Gasteiger partial charge is 0.494 e. The molecule has 0 amide bonds. The zero-order chi connectivity index (χ0) is 8.39. The Balaban J connectivity index is 2.79. The minimum Gasteiger partial charge on any atom is -0.494 e. The minimum absolute atomic E-state index is 0.756. The second-order valence-corrected chi connectivity index (χ2v) is 2.34. The number of nitrogens with zero attached hydrogens (tertiary/aromatic N) is 2. The van der Waals surface area contributed by atoms with Gasteiger partial charge in [0.25, 0.3) is 0 Å². The molecule has 0 spiro atoms. The van der Waals surface area contributed by atoms with Gasteiger partial charge in [-0.25, -0.2) is 9.97 Å². The van der Waals surface area contributed by atoms with Crippen molar-refractivity contribution in [2.24, 2.45) is 0 Å². The molecule has 0 fully saturated rings. The van der Waals surface area contributed by atoms with Crippen molar-refractivity contribution in [1.82, 2.24) is 9.97 Å². The molecule has 2 aromatic rings. The molecular formula is C9H7N2O. The summed E-state index contributed by atoms with van der Waals surface area (Å²) in [5, 5.41) is 0.872. The van der Waals surface area contributed by atoms with E-state index in [-0.39, 0.29) is 0 Å². The van der Waals surface area contributed by atoms with Crippen LogP contribution < -0.4 is 4.74 Å². The van der Waals surface area contributed by atoms with Crippen molar-refractivity contribution in [3.8, 4) is 5.75 Å². The van der Waals surface area contributed by atoms with Crippen LogP contribution in [0.3, 0.4) is 0 Å².